The molecule has 1 aromatic carbocycles. The maximum Gasteiger partial charge on any atom is 0.332 e. The highest BCUT2D eigenvalue weighted by Gasteiger charge is 2.46. The molecule has 9 heteroatoms. The Labute approximate surface area is 147 Å². The van der Waals surface area contributed by atoms with Crippen molar-refractivity contribution in [1.29, 1.82) is 0 Å². The van der Waals surface area contributed by atoms with Crippen molar-refractivity contribution in [2.45, 2.75) is 30.6 Å². The Balaban J connectivity index is 1.70. The molecule has 1 saturated heterocycles. The number of rotatable bonds is 5. The summed E-state index contributed by atoms with van der Waals surface area (Å²) in [5, 5.41) is 15.3. The Bertz CT molecular complexity index is 777. The van der Waals surface area contributed by atoms with Crippen LogP contribution in [-0.2, 0) is 19.2 Å². The van der Waals surface area contributed by atoms with Crippen LogP contribution in [0.4, 0.5) is 8.78 Å². The molecule has 2 heterocycles. The minimum atomic E-state index is -1.54. The molecule has 3 atom stereocenters. The van der Waals surface area contributed by atoms with Gasteiger partial charge in [0.25, 0.3) is 5.91 Å². The summed E-state index contributed by atoms with van der Waals surface area (Å²) in [5.74, 6) is -3.23. The minimum absolute atomic E-state index is 0.0543. The molecular formula is C17H16F2N2O5. The normalized spacial score (nSPS) is 27.5. The van der Waals surface area contributed by atoms with E-state index < -0.39 is 41.3 Å². The third-order valence-electron chi connectivity index (χ3n) is 4.27. The Hall–Kier alpha value is -2.81. The fourth-order valence-electron chi connectivity index (χ4n) is 2.86. The van der Waals surface area contributed by atoms with Gasteiger partial charge in [0.15, 0.2) is 6.10 Å². The number of carbonyl (C=O) groups is 2. The first-order valence-electron chi connectivity index (χ1n) is 7.83. The van der Waals surface area contributed by atoms with Gasteiger partial charge in [-0.2, -0.15) is 0 Å². The number of ether oxygens (including phenoxy) is 1. The summed E-state index contributed by atoms with van der Waals surface area (Å²) in [4.78, 5) is 28.8. The summed E-state index contributed by atoms with van der Waals surface area (Å²) in [6.45, 7) is 3.64. The van der Waals surface area contributed by atoms with Crippen molar-refractivity contribution in [3.05, 3.63) is 48.1 Å². The van der Waals surface area contributed by atoms with Crippen LogP contribution in [0, 0.1) is 11.6 Å². The van der Waals surface area contributed by atoms with E-state index in [0.29, 0.717) is 0 Å². The summed E-state index contributed by atoms with van der Waals surface area (Å²) in [6.07, 6.45) is 0.323. The standard InChI is InChI=1S/C17H16F2N2O5/c1-2-17(16(24)20-12-6-14(15(22)23)25-8-12)7-13(21-26-17)9-3-10(18)5-11(19)4-9/h2-5,12,14H,1,6-8H2,(H,20,24)(H,22,23)/t12-,14-,17+/m0/s1. The molecule has 2 N–H and O–H groups in total. The summed E-state index contributed by atoms with van der Waals surface area (Å²) >= 11 is 0. The van der Waals surface area contributed by atoms with E-state index >= 15 is 0 Å². The first-order chi connectivity index (χ1) is 12.3. The minimum Gasteiger partial charge on any atom is -0.479 e. The number of nitrogens with zero attached hydrogens (tertiary/aromatic N) is 1. The van der Waals surface area contributed by atoms with Gasteiger partial charge < -0.3 is 20.0 Å². The highest BCUT2D eigenvalue weighted by molar-refractivity contribution is 6.06. The molecule has 26 heavy (non-hydrogen) atoms. The van der Waals surface area contributed by atoms with Crippen LogP contribution in [0.2, 0.25) is 0 Å². The van der Waals surface area contributed by atoms with Crippen LogP contribution in [0.25, 0.3) is 0 Å². The zero-order valence-corrected chi connectivity index (χ0v) is 13.6. The van der Waals surface area contributed by atoms with Gasteiger partial charge in [0.1, 0.15) is 11.6 Å². The average molecular weight is 366 g/mol. The van der Waals surface area contributed by atoms with Crippen molar-refractivity contribution in [1.82, 2.24) is 5.32 Å². The van der Waals surface area contributed by atoms with E-state index in [9.17, 15) is 18.4 Å². The highest BCUT2D eigenvalue weighted by Crippen LogP contribution is 2.29. The van der Waals surface area contributed by atoms with Gasteiger partial charge in [-0.05, 0) is 18.2 Å². The molecule has 2 aliphatic heterocycles. The van der Waals surface area contributed by atoms with Gasteiger partial charge in [-0.25, -0.2) is 13.6 Å². The fraction of sp³-hybridized carbons (Fsp3) is 0.353. The number of nitrogens with one attached hydrogen (secondary N) is 1. The number of benzene rings is 1. The number of carbonyl (C=O) groups excluding carboxylic acids is 1. The molecule has 1 fully saturated rings. The lowest BCUT2D eigenvalue weighted by atomic mass is 9.92. The molecule has 1 amide bonds. The van der Waals surface area contributed by atoms with Crippen molar-refractivity contribution in [3.63, 3.8) is 0 Å². The van der Waals surface area contributed by atoms with Crippen LogP contribution in [0.1, 0.15) is 18.4 Å². The van der Waals surface area contributed by atoms with Gasteiger partial charge in [0.05, 0.1) is 18.4 Å². The van der Waals surface area contributed by atoms with Crippen molar-refractivity contribution in [2.75, 3.05) is 6.61 Å². The number of hydrogen-bond donors (Lipinski definition) is 2. The lowest BCUT2D eigenvalue weighted by Crippen LogP contribution is -2.49. The number of hydrogen-bond acceptors (Lipinski definition) is 5. The van der Waals surface area contributed by atoms with E-state index in [0.717, 1.165) is 18.2 Å². The van der Waals surface area contributed by atoms with Crippen LogP contribution < -0.4 is 5.32 Å². The molecule has 0 bridgehead atoms. The van der Waals surface area contributed by atoms with Crippen molar-refractivity contribution in [2.24, 2.45) is 5.16 Å². The molecule has 0 aliphatic carbocycles. The molecule has 0 saturated carbocycles. The second-order valence-electron chi connectivity index (χ2n) is 6.12. The lowest BCUT2D eigenvalue weighted by molar-refractivity contribution is -0.147. The van der Waals surface area contributed by atoms with Crippen LogP contribution in [0.3, 0.4) is 0 Å². The summed E-state index contributed by atoms with van der Waals surface area (Å²) < 4.78 is 31.9. The number of carboxylic acids is 1. The molecule has 3 rings (SSSR count). The van der Waals surface area contributed by atoms with E-state index in [-0.39, 0.29) is 30.7 Å². The van der Waals surface area contributed by atoms with Crippen molar-refractivity contribution in [3.8, 4) is 0 Å². The SMILES string of the molecule is C=C[C@]1(C(=O)N[C@@H]2CO[C@H](C(=O)O)C2)CC(c2cc(F)cc(F)c2)=NO1. The molecule has 2 aliphatic rings. The van der Waals surface area contributed by atoms with Gasteiger partial charge >= 0.3 is 5.97 Å². The number of oxime groups is 1. The molecular weight excluding hydrogens is 350 g/mol. The summed E-state index contributed by atoms with van der Waals surface area (Å²) in [7, 11) is 0. The molecule has 7 nitrogen and oxygen atoms in total. The van der Waals surface area contributed by atoms with Gasteiger partial charge in [-0.3, -0.25) is 4.79 Å². The Morgan fingerprint density at radius 3 is 2.62 bits per heavy atom. The van der Waals surface area contributed by atoms with Gasteiger partial charge in [-0.1, -0.05) is 11.7 Å². The quantitative estimate of drug-likeness (QED) is 0.768. The molecule has 0 aromatic heterocycles. The number of amides is 1. The number of carboxylic acid groups (broad SMARTS) is 1. The van der Waals surface area contributed by atoms with Crippen LogP contribution >= 0.6 is 0 Å². The second-order valence-corrected chi connectivity index (χ2v) is 6.12. The Morgan fingerprint density at radius 1 is 1.35 bits per heavy atom. The monoisotopic (exact) mass is 366 g/mol. The van der Waals surface area contributed by atoms with Gasteiger partial charge in [0, 0.05) is 24.5 Å². The van der Waals surface area contributed by atoms with Crippen LogP contribution in [0.5, 0.6) is 0 Å². The van der Waals surface area contributed by atoms with E-state index in [1.807, 2.05) is 0 Å². The van der Waals surface area contributed by atoms with E-state index in [1.165, 1.54) is 6.08 Å². The Morgan fingerprint density at radius 2 is 2.04 bits per heavy atom. The maximum absolute atomic E-state index is 13.4. The topological polar surface area (TPSA) is 97.2 Å². The summed E-state index contributed by atoms with van der Waals surface area (Å²) in [6, 6.07) is 2.40. The molecule has 1 aromatic rings. The van der Waals surface area contributed by atoms with Crippen LogP contribution in [-0.4, -0.2) is 47.0 Å². The molecule has 0 spiro atoms. The highest BCUT2D eigenvalue weighted by atomic mass is 19.1. The lowest BCUT2D eigenvalue weighted by Gasteiger charge is -2.23. The maximum atomic E-state index is 13.4. The fourth-order valence-corrected chi connectivity index (χ4v) is 2.86. The first-order valence-corrected chi connectivity index (χ1v) is 7.83. The van der Waals surface area contributed by atoms with E-state index in [4.69, 9.17) is 14.7 Å². The molecule has 0 unspecified atom stereocenters. The van der Waals surface area contributed by atoms with E-state index in [2.05, 4.69) is 17.1 Å². The zero-order chi connectivity index (χ0) is 18.9. The largest absolute Gasteiger partial charge is 0.479 e. The smallest absolute Gasteiger partial charge is 0.332 e. The predicted molar refractivity (Wildman–Crippen MR) is 85.4 cm³/mol. The van der Waals surface area contributed by atoms with Gasteiger partial charge in [0.2, 0.25) is 5.60 Å². The van der Waals surface area contributed by atoms with Gasteiger partial charge in [-0.15, -0.1) is 0 Å². The summed E-state index contributed by atoms with van der Waals surface area (Å²) in [5.41, 5.74) is -1.18. The number of aliphatic carboxylic acids is 1. The third-order valence-corrected chi connectivity index (χ3v) is 4.27. The zero-order valence-electron chi connectivity index (χ0n) is 13.6. The van der Waals surface area contributed by atoms with Crippen molar-refractivity contribution < 1.29 is 33.1 Å². The van der Waals surface area contributed by atoms with E-state index in [1.54, 1.807) is 0 Å². The second kappa shape index (κ2) is 6.83. The Kier molecular flexibility index (Phi) is 4.73. The number of halogens is 2. The van der Waals surface area contributed by atoms with Crippen molar-refractivity contribution >= 4 is 17.6 Å². The first kappa shape index (κ1) is 18.0. The predicted octanol–water partition coefficient (Wildman–Crippen LogP) is 1.37. The average Bonchev–Trinajstić information content (AvgIpc) is 3.21. The molecule has 0 radical (unpaired) electrons. The van der Waals surface area contributed by atoms with Crippen LogP contribution in [0.15, 0.2) is 36.0 Å². The third kappa shape index (κ3) is 3.43. The molecule has 138 valence electrons.